The number of aromatic nitrogens is 2. The van der Waals surface area contributed by atoms with Crippen molar-refractivity contribution in [2.45, 2.75) is 31.8 Å². The van der Waals surface area contributed by atoms with Crippen molar-refractivity contribution in [3.63, 3.8) is 0 Å². The highest BCUT2D eigenvalue weighted by Gasteiger charge is 2.30. The molecule has 1 aromatic heterocycles. The summed E-state index contributed by atoms with van der Waals surface area (Å²) in [6, 6.07) is 13.1. The number of hydrogen-bond acceptors (Lipinski definition) is 6. The molecule has 0 spiro atoms. The first-order valence-electron chi connectivity index (χ1n) is 10.9. The van der Waals surface area contributed by atoms with Crippen molar-refractivity contribution in [2.24, 2.45) is 7.05 Å². The van der Waals surface area contributed by atoms with Crippen LogP contribution < -0.4 is 19.9 Å². The first-order chi connectivity index (χ1) is 15.9. The number of carbonyl (C=O) groups excluding carboxylic acids is 1. The summed E-state index contributed by atoms with van der Waals surface area (Å²) >= 11 is 0. The van der Waals surface area contributed by atoms with Gasteiger partial charge in [-0.1, -0.05) is 12.1 Å². The van der Waals surface area contributed by atoms with E-state index in [1.165, 1.54) is 0 Å². The fourth-order valence-electron chi connectivity index (χ4n) is 4.00. The Morgan fingerprint density at radius 2 is 1.82 bits per heavy atom. The second kappa shape index (κ2) is 9.44. The van der Waals surface area contributed by atoms with E-state index < -0.39 is 0 Å². The molecule has 2 aromatic carbocycles. The summed E-state index contributed by atoms with van der Waals surface area (Å²) in [5.41, 5.74) is 9.85. The zero-order valence-corrected chi connectivity index (χ0v) is 19.5. The van der Waals surface area contributed by atoms with Gasteiger partial charge in [0.25, 0.3) is 5.91 Å². The smallest absolute Gasteiger partial charge is 0.272 e. The number of nitrogen functional groups attached to an aromatic ring is 1. The fraction of sp³-hybridized carbons (Fsp3) is 0.360. The molecule has 1 heterocycles. The van der Waals surface area contributed by atoms with Gasteiger partial charge in [0.15, 0.2) is 0 Å². The Morgan fingerprint density at radius 1 is 1.06 bits per heavy atom. The number of hydrogen-bond donors (Lipinski definition) is 1. The highest BCUT2D eigenvalue weighted by molar-refractivity contribution is 5.93. The SMILES string of the molecule is COc1ccc(CN(Cc2cccc(N)c2OC)C(=O)c2cc(C3CC3)nn2C)c(OC)c1. The van der Waals surface area contributed by atoms with E-state index in [2.05, 4.69) is 5.10 Å². The lowest BCUT2D eigenvalue weighted by Crippen LogP contribution is -2.32. The number of para-hydroxylation sites is 1. The predicted octanol–water partition coefficient (Wildman–Crippen LogP) is 3.75. The van der Waals surface area contributed by atoms with Gasteiger partial charge < -0.3 is 24.8 Å². The molecule has 1 fully saturated rings. The third kappa shape index (κ3) is 4.74. The summed E-state index contributed by atoms with van der Waals surface area (Å²) in [4.78, 5) is 15.5. The van der Waals surface area contributed by atoms with Crippen molar-refractivity contribution in [2.75, 3.05) is 27.1 Å². The van der Waals surface area contributed by atoms with Crippen LogP contribution in [0.25, 0.3) is 0 Å². The van der Waals surface area contributed by atoms with Crippen LogP contribution in [0.4, 0.5) is 5.69 Å². The molecule has 0 radical (unpaired) electrons. The molecule has 2 N–H and O–H groups in total. The Morgan fingerprint density at radius 3 is 2.48 bits per heavy atom. The molecule has 3 aromatic rings. The molecule has 174 valence electrons. The van der Waals surface area contributed by atoms with Gasteiger partial charge in [-0.2, -0.15) is 5.10 Å². The Bertz CT molecular complexity index is 1150. The normalized spacial score (nSPS) is 13.0. The average molecular weight is 451 g/mol. The van der Waals surface area contributed by atoms with Crippen molar-refractivity contribution < 1.29 is 19.0 Å². The van der Waals surface area contributed by atoms with E-state index in [4.69, 9.17) is 19.9 Å². The number of anilines is 1. The number of methoxy groups -OCH3 is 3. The molecule has 0 bridgehead atoms. The monoisotopic (exact) mass is 450 g/mol. The third-order valence-electron chi connectivity index (χ3n) is 5.95. The van der Waals surface area contributed by atoms with Gasteiger partial charge >= 0.3 is 0 Å². The van der Waals surface area contributed by atoms with Gasteiger partial charge in [0, 0.05) is 30.2 Å². The summed E-state index contributed by atoms with van der Waals surface area (Å²) in [6.45, 7) is 0.639. The number of nitrogens with two attached hydrogens (primary N) is 1. The Hall–Kier alpha value is -3.68. The standard InChI is InChI=1S/C25H30N4O4/c1-28-22(13-21(27-28)16-8-9-16)25(30)29(15-18-6-5-7-20(26)24(18)33-4)14-17-10-11-19(31-2)12-23(17)32-3/h5-7,10-13,16H,8-9,14-15,26H2,1-4H3. The highest BCUT2D eigenvalue weighted by Crippen LogP contribution is 2.39. The number of ether oxygens (including phenoxy) is 3. The first-order valence-corrected chi connectivity index (χ1v) is 10.9. The van der Waals surface area contributed by atoms with Gasteiger partial charge in [0.05, 0.1) is 45.8 Å². The maximum Gasteiger partial charge on any atom is 0.272 e. The second-order valence-corrected chi connectivity index (χ2v) is 8.23. The molecule has 8 heteroatoms. The van der Waals surface area contributed by atoms with Crippen molar-refractivity contribution in [3.05, 3.63) is 65.0 Å². The number of rotatable bonds is 9. The largest absolute Gasteiger partial charge is 0.497 e. The van der Waals surface area contributed by atoms with E-state index in [1.54, 1.807) is 37.0 Å². The van der Waals surface area contributed by atoms with Crippen molar-refractivity contribution in [3.8, 4) is 17.2 Å². The Labute approximate surface area is 193 Å². The van der Waals surface area contributed by atoms with Gasteiger partial charge in [-0.3, -0.25) is 9.48 Å². The van der Waals surface area contributed by atoms with Gasteiger partial charge in [0.1, 0.15) is 22.9 Å². The van der Waals surface area contributed by atoms with E-state index in [0.29, 0.717) is 47.6 Å². The molecule has 1 aliphatic rings. The fourth-order valence-corrected chi connectivity index (χ4v) is 4.00. The van der Waals surface area contributed by atoms with Crippen LogP contribution >= 0.6 is 0 Å². The number of benzene rings is 2. The van der Waals surface area contributed by atoms with E-state index >= 15 is 0 Å². The predicted molar refractivity (Wildman–Crippen MR) is 126 cm³/mol. The van der Waals surface area contributed by atoms with Crippen LogP contribution in [0.1, 0.15) is 46.1 Å². The minimum Gasteiger partial charge on any atom is -0.497 e. The van der Waals surface area contributed by atoms with Gasteiger partial charge in [-0.25, -0.2) is 0 Å². The summed E-state index contributed by atoms with van der Waals surface area (Å²) in [5, 5.41) is 4.58. The lowest BCUT2D eigenvalue weighted by molar-refractivity contribution is 0.0716. The topological polar surface area (TPSA) is 91.8 Å². The second-order valence-electron chi connectivity index (χ2n) is 8.23. The molecule has 0 saturated heterocycles. The zero-order valence-electron chi connectivity index (χ0n) is 19.5. The third-order valence-corrected chi connectivity index (χ3v) is 5.95. The molecule has 4 rings (SSSR count). The van der Waals surface area contributed by atoms with Crippen LogP contribution in [-0.4, -0.2) is 41.9 Å². The Kier molecular flexibility index (Phi) is 6.44. The van der Waals surface area contributed by atoms with Crippen LogP contribution in [0.3, 0.4) is 0 Å². The van der Waals surface area contributed by atoms with Crippen molar-refractivity contribution in [1.29, 1.82) is 0 Å². The minimum atomic E-state index is -0.126. The maximum atomic E-state index is 13.8. The number of aryl methyl sites for hydroxylation is 1. The average Bonchev–Trinajstić information content (AvgIpc) is 3.60. The van der Waals surface area contributed by atoms with E-state index in [-0.39, 0.29) is 5.91 Å². The Balaban J connectivity index is 1.71. The maximum absolute atomic E-state index is 13.8. The quantitative estimate of drug-likeness (QED) is 0.499. The molecular weight excluding hydrogens is 420 g/mol. The van der Waals surface area contributed by atoms with Crippen LogP contribution in [0, 0.1) is 0 Å². The lowest BCUT2D eigenvalue weighted by atomic mass is 10.1. The van der Waals surface area contributed by atoms with Crippen LogP contribution in [0.5, 0.6) is 17.2 Å². The van der Waals surface area contributed by atoms with E-state index in [1.807, 2.05) is 43.4 Å². The molecule has 0 unspecified atom stereocenters. The highest BCUT2D eigenvalue weighted by atomic mass is 16.5. The molecular formula is C25H30N4O4. The van der Waals surface area contributed by atoms with E-state index in [9.17, 15) is 4.79 Å². The van der Waals surface area contributed by atoms with Crippen LogP contribution in [-0.2, 0) is 20.1 Å². The molecule has 0 atom stereocenters. The molecule has 1 aliphatic carbocycles. The lowest BCUT2D eigenvalue weighted by Gasteiger charge is -2.25. The van der Waals surface area contributed by atoms with Gasteiger partial charge in [0.2, 0.25) is 0 Å². The van der Waals surface area contributed by atoms with Gasteiger partial charge in [-0.05, 0) is 37.1 Å². The molecule has 1 saturated carbocycles. The summed E-state index contributed by atoms with van der Waals surface area (Å²) < 4.78 is 18.1. The summed E-state index contributed by atoms with van der Waals surface area (Å²) in [6.07, 6.45) is 2.25. The first kappa shape index (κ1) is 22.5. The summed E-state index contributed by atoms with van der Waals surface area (Å²) in [5.74, 6) is 2.24. The molecule has 1 amide bonds. The van der Waals surface area contributed by atoms with Gasteiger partial charge in [-0.15, -0.1) is 0 Å². The number of carbonyl (C=O) groups is 1. The molecule has 0 aliphatic heterocycles. The molecule has 33 heavy (non-hydrogen) atoms. The van der Waals surface area contributed by atoms with E-state index in [0.717, 1.165) is 29.7 Å². The molecule has 8 nitrogen and oxygen atoms in total. The van der Waals surface area contributed by atoms with Crippen LogP contribution in [0.2, 0.25) is 0 Å². The minimum absolute atomic E-state index is 0.126. The van der Waals surface area contributed by atoms with Crippen molar-refractivity contribution >= 4 is 11.6 Å². The summed E-state index contributed by atoms with van der Waals surface area (Å²) in [7, 11) is 6.60. The zero-order chi connectivity index (χ0) is 23.5. The van der Waals surface area contributed by atoms with Crippen molar-refractivity contribution in [1.82, 2.24) is 14.7 Å². The van der Waals surface area contributed by atoms with Crippen LogP contribution in [0.15, 0.2) is 42.5 Å². The number of amides is 1. The number of nitrogens with zero attached hydrogens (tertiary/aromatic N) is 3.